The minimum absolute atomic E-state index is 0.239. The molecule has 0 aliphatic heterocycles. The number of phenols is 2. The lowest BCUT2D eigenvalue weighted by Crippen LogP contribution is -2.18. The Morgan fingerprint density at radius 2 is 1.76 bits per heavy atom. The number of allylic oxidation sites excluding steroid dienone is 2. The molecule has 0 aromatic heterocycles. The van der Waals surface area contributed by atoms with Gasteiger partial charge in [0.15, 0.2) is 0 Å². The highest BCUT2D eigenvalue weighted by molar-refractivity contribution is 5.49. The van der Waals surface area contributed by atoms with Crippen molar-refractivity contribution in [1.29, 1.82) is 0 Å². The van der Waals surface area contributed by atoms with Crippen LogP contribution in [0, 0.1) is 5.41 Å². The van der Waals surface area contributed by atoms with Crippen LogP contribution < -0.4 is 0 Å². The topological polar surface area (TPSA) is 40.5 Å². The van der Waals surface area contributed by atoms with Gasteiger partial charge < -0.3 is 10.2 Å². The second-order valence-corrected chi connectivity index (χ2v) is 7.26. The second-order valence-electron chi connectivity index (χ2n) is 7.26. The van der Waals surface area contributed by atoms with Gasteiger partial charge in [-0.3, -0.25) is 0 Å². The smallest absolute Gasteiger partial charge is 0.123 e. The van der Waals surface area contributed by atoms with E-state index >= 15 is 0 Å². The second kappa shape index (κ2) is 6.13. The summed E-state index contributed by atoms with van der Waals surface area (Å²) >= 11 is 0. The van der Waals surface area contributed by atoms with Gasteiger partial charge in [-0.2, -0.15) is 0 Å². The third-order valence-electron chi connectivity index (χ3n) is 4.64. The van der Waals surface area contributed by atoms with E-state index in [0.717, 1.165) is 31.2 Å². The molecule has 21 heavy (non-hydrogen) atoms. The molecule has 0 bridgehead atoms. The van der Waals surface area contributed by atoms with Crippen molar-refractivity contribution < 1.29 is 10.2 Å². The van der Waals surface area contributed by atoms with Crippen LogP contribution in [0.25, 0.3) is 0 Å². The van der Waals surface area contributed by atoms with Gasteiger partial charge in [-0.25, -0.2) is 0 Å². The Labute approximate surface area is 128 Å². The SMILES string of the molecule is CCCc1cc(O)c(CC2=C(C)CC(C)(C)CC2)c(O)c1. The molecule has 0 heterocycles. The highest BCUT2D eigenvalue weighted by atomic mass is 16.3. The third kappa shape index (κ3) is 3.81. The molecular weight excluding hydrogens is 260 g/mol. The molecule has 2 heteroatoms. The Bertz CT molecular complexity index is 530. The Hall–Kier alpha value is -1.44. The van der Waals surface area contributed by atoms with E-state index in [2.05, 4.69) is 27.7 Å². The van der Waals surface area contributed by atoms with Crippen molar-refractivity contribution >= 4 is 0 Å². The summed E-state index contributed by atoms with van der Waals surface area (Å²) in [6.45, 7) is 8.90. The molecule has 0 saturated heterocycles. The average Bonchev–Trinajstić information content (AvgIpc) is 2.35. The van der Waals surface area contributed by atoms with Gasteiger partial charge in [-0.15, -0.1) is 0 Å². The molecule has 1 aliphatic carbocycles. The van der Waals surface area contributed by atoms with E-state index in [-0.39, 0.29) is 11.5 Å². The summed E-state index contributed by atoms with van der Waals surface area (Å²) < 4.78 is 0. The molecule has 0 saturated carbocycles. The van der Waals surface area contributed by atoms with Crippen LogP contribution in [0.15, 0.2) is 23.3 Å². The van der Waals surface area contributed by atoms with Gasteiger partial charge in [-0.05, 0) is 55.7 Å². The zero-order valence-corrected chi connectivity index (χ0v) is 13.8. The van der Waals surface area contributed by atoms with E-state index in [1.165, 1.54) is 17.6 Å². The molecule has 0 spiro atoms. The van der Waals surface area contributed by atoms with Crippen LogP contribution in [0.4, 0.5) is 0 Å². The van der Waals surface area contributed by atoms with E-state index < -0.39 is 0 Å². The minimum Gasteiger partial charge on any atom is -0.508 e. The van der Waals surface area contributed by atoms with Crippen LogP contribution in [0.5, 0.6) is 11.5 Å². The summed E-state index contributed by atoms with van der Waals surface area (Å²) in [5.41, 5.74) is 4.87. The maximum Gasteiger partial charge on any atom is 0.123 e. The predicted octanol–water partition coefficient (Wildman–Crippen LogP) is 5.12. The van der Waals surface area contributed by atoms with E-state index in [9.17, 15) is 10.2 Å². The van der Waals surface area contributed by atoms with Crippen LogP contribution >= 0.6 is 0 Å². The zero-order chi connectivity index (χ0) is 15.6. The monoisotopic (exact) mass is 288 g/mol. The predicted molar refractivity (Wildman–Crippen MR) is 87.8 cm³/mol. The van der Waals surface area contributed by atoms with Crippen molar-refractivity contribution in [2.45, 2.75) is 66.2 Å². The number of hydrogen-bond acceptors (Lipinski definition) is 2. The lowest BCUT2D eigenvalue weighted by Gasteiger charge is -2.32. The molecule has 1 aromatic rings. The van der Waals surface area contributed by atoms with Crippen molar-refractivity contribution in [2.24, 2.45) is 5.41 Å². The van der Waals surface area contributed by atoms with Gasteiger partial charge >= 0.3 is 0 Å². The molecule has 2 rings (SSSR count). The fraction of sp³-hybridized carbons (Fsp3) is 0.579. The average molecular weight is 288 g/mol. The van der Waals surface area contributed by atoms with Gasteiger partial charge in [0.1, 0.15) is 11.5 Å². The van der Waals surface area contributed by atoms with Crippen molar-refractivity contribution in [2.75, 3.05) is 0 Å². The minimum atomic E-state index is 0.239. The third-order valence-corrected chi connectivity index (χ3v) is 4.64. The van der Waals surface area contributed by atoms with Crippen molar-refractivity contribution in [3.63, 3.8) is 0 Å². The molecule has 116 valence electrons. The molecule has 2 N–H and O–H groups in total. The van der Waals surface area contributed by atoms with E-state index in [4.69, 9.17) is 0 Å². The molecule has 0 atom stereocenters. The normalized spacial score (nSPS) is 18.1. The van der Waals surface area contributed by atoms with E-state index in [0.29, 0.717) is 17.4 Å². The van der Waals surface area contributed by atoms with Crippen LogP contribution in [0.1, 0.15) is 64.5 Å². The largest absolute Gasteiger partial charge is 0.508 e. The highest BCUT2D eigenvalue weighted by Crippen LogP contribution is 2.41. The Morgan fingerprint density at radius 1 is 1.14 bits per heavy atom. The number of hydrogen-bond donors (Lipinski definition) is 2. The summed E-state index contributed by atoms with van der Waals surface area (Å²) in [7, 11) is 0. The Kier molecular flexibility index (Phi) is 4.65. The highest BCUT2D eigenvalue weighted by Gasteiger charge is 2.25. The summed E-state index contributed by atoms with van der Waals surface area (Å²) in [6.07, 6.45) is 5.92. The first-order valence-corrected chi connectivity index (χ1v) is 8.03. The number of aromatic hydroxyl groups is 2. The first kappa shape index (κ1) is 15.9. The maximum atomic E-state index is 10.2. The molecule has 0 fully saturated rings. The van der Waals surface area contributed by atoms with Gasteiger partial charge in [0.05, 0.1) is 0 Å². The van der Waals surface area contributed by atoms with Gasteiger partial charge in [0.2, 0.25) is 0 Å². The molecular formula is C19H28O2. The standard InChI is InChI=1S/C19H28O2/c1-5-6-14-9-17(20)16(18(21)10-14)11-15-7-8-19(3,4)12-13(15)2/h9-10,20-21H,5-8,11-12H2,1-4H3. The summed E-state index contributed by atoms with van der Waals surface area (Å²) in [4.78, 5) is 0. The first-order chi connectivity index (χ1) is 9.82. The maximum absolute atomic E-state index is 10.2. The van der Waals surface area contributed by atoms with Crippen molar-refractivity contribution in [1.82, 2.24) is 0 Å². The van der Waals surface area contributed by atoms with E-state index in [1.54, 1.807) is 12.1 Å². The van der Waals surface area contributed by atoms with Crippen LogP contribution in [0.2, 0.25) is 0 Å². The van der Waals surface area contributed by atoms with Crippen LogP contribution in [-0.4, -0.2) is 10.2 Å². The lowest BCUT2D eigenvalue weighted by molar-refractivity contribution is 0.311. The molecule has 0 radical (unpaired) electrons. The summed E-state index contributed by atoms with van der Waals surface area (Å²) in [5.74, 6) is 0.479. The number of aryl methyl sites for hydroxylation is 1. The van der Waals surface area contributed by atoms with Gasteiger partial charge in [-0.1, -0.05) is 38.3 Å². The van der Waals surface area contributed by atoms with Crippen molar-refractivity contribution in [3.05, 3.63) is 34.4 Å². The molecule has 0 amide bonds. The first-order valence-electron chi connectivity index (χ1n) is 8.03. The van der Waals surface area contributed by atoms with Crippen LogP contribution in [0.3, 0.4) is 0 Å². The number of phenolic OH excluding ortho intramolecular Hbond substituents is 2. The number of rotatable bonds is 4. The van der Waals surface area contributed by atoms with Gasteiger partial charge in [0, 0.05) is 12.0 Å². The summed E-state index contributed by atoms with van der Waals surface area (Å²) in [6, 6.07) is 3.61. The Morgan fingerprint density at radius 3 is 2.29 bits per heavy atom. The summed E-state index contributed by atoms with van der Waals surface area (Å²) in [5, 5.41) is 20.5. The van der Waals surface area contributed by atoms with Gasteiger partial charge in [0.25, 0.3) is 0 Å². The molecule has 1 aromatic carbocycles. The fourth-order valence-electron chi connectivity index (χ4n) is 3.40. The molecule has 1 aliphatic rings. The molecule has 0 unspecified atom stereocenters. The Balaban J connectivity index is 2.24. The van der Waals surface area contributed by atoms with E-state index in [1.807, 2.05) is 0 Å². The van der Waals surface area contributed by atoms with Crippen molar-refractivity contribution in [3.8, 4) is 11.5 Å². The van der Waals surface area contributed by atoms with Crippen LogP contribution in [-0.2, 0) is 12.8 Å². The molecule has 2 nitrogen and oxygen atoms in total. The quantitative estimate of drug-likeness (QED) is 0.755. The number of benzene rings is 1. The lowest BCUT2D eigenvalue weighted by atomic mass is 9.73. The zero-order valence-electron chi connectivity index (χ0n) is 13.8. The fourth-order valence-corrected chi connectivity index (χ4v) is 3.40.